The molecule has 2 aromatic carbocycles. The maximum Gasteiger partial charge on any atom is 0.174 e. The Hall–Kier alpha value is -1.78. The summed E-state index contributed by atoms with van der Waals surface area (Å²) in [5.74, 6) is 0. The maximum absolute atomic E-state index is 6.60. The first-order valence-electron chi connectivity index (χ1n) is 10.9. The van der Waals surface area contributed by atoms with Gasteiger partial charge in [-0.1, -0.05) is 69.1 Å². The van der Waals surface area contributed by atoms with Crippen LogP contribution in [0.15, 0.2) is 63.3 Å². The Morgan fingerprint density at radius 1 is 1.06 bits per heavy atom. The van der Waals surface area contributed by atoms with Crippen molar-refractivity contribution in [3.63, 3.8) is 0 Å². The van der Waals surface area contributed by atoms with Crippen LogP contribution in [0.3, 0.4) is 0 Å². The van der Waals surface area contributed by atoms with Crippen molar-refractivity contribution in [3.8, 4) is 0 Å². The van der Waals surface area contributed by atoms with E-state index in [-0.39, 0.29) is 5.41 Å². The molecule has 1 atom stereocenters. The Kier molecular flexibility index (Phi) is 6.23. The van der Waals surface area contributed by atoms with E-state index in [0.717, 1.165) is 18.4 Å². The van der Waals surface area contributed by atoms with Gasteiger partial charge < -0.3 is 4.90 Å². The zero-order chi connectivity index (χ0) is 23.3. The lowest BCUT2D eigenvalue weighted by Crippen LogP contribution is -2.30. The number of anilines is 1. The Balaban J connectivity index is 2.09. The second-order valence-corrected chi connectivity index (χ2v) is 12.4. The van der Waals surface area contributed by atoms with Gasteiger partial charge >= 0.3 is 0 Å². The van der Waals surface area contributed by atoms with E-state index < -0.39 is 7.36 Å². The number of halogens is 2. The molecule has 4 rings (SSSR count). The molecule has 0 bridgehead atoms. The summed E-state index contributed by atoms with van der Waals surface area (Å²) < 4.78 is 9.87. The molecule has 0 amide bonds. The molecular formula is C24H30Cl2N5P. The zero-order valence-corrected chi connectivity index (χ0v) is 21.9. The van der Waals surface area contributed by atoms with Crippen LogP contribution in [0.5, 0.6) is 0 Å². The van der Waals surface area contributed by atoms with Crippen molar-refractivity contribution < 1.29 is 0 Å². The van der Waals surface area contributed by atoms with Crippen molar-refractivity contribution in [1.82, 2.24) is 9.45 Å². The monoisotopic (exact) mass is 489 g/mol. The van der Waals surface area contributed by atoms with E-state index in [1.807, 2.05) is 30.2 Å². The molecule has 2 heterocycles. The number of hydrogen-bond donors (Lipinski definition) is 0. The van der Waals surface area contributed by atoms with Gasteiger partial charge in [0.25, 0.3) is 0 Å². The Bertz CT molecular complexity index is 1170. The molecule has 2 aliphatic heterocycles. The summed E-state index contributed by atoms with van der Waals surface area (Å²) in [6, 6.07) is 14.1. The highest BCUT2D eigenvalue weighted by Gasteiger charge is 2.47. The van der Waals surface area contributed by atoms with Gasteiger partial charge in [-0.3, -0.25) is 0 Å². The third kappa shape index (κ3) is 3.42. The molecule has 0 saturated carbocycles. The molecule has 170 valence electrons. The van der Waals surface area contributed by atoms with E-state index >= 15 is 0 Å². The predicted molar refractivity (Wildman–Crippen MR) is 140 cm³/mol. The van der Waals surface area contributed by atoms with Crippen LogP contribution in [0, 0.1) is 0 Å². The first kappa shape index (κ1) is 23.4. The number of hydrazone groups is 1. The molecule has 0 N–H and O–H groups in total. The number of nitrogens with zero attached hydrogens (tertiary/aromatic N) is 5. The molecule has 0 fully saturated rings. The number of para-hydroxylation sites is 1. The minimum atomic E-state index is -2.46. The van der Waals surface area contributed by atoms with Crippen LogP contribution in [0.1, 0.15) is 33.3 Å². The summed E-state index contributed by atoms with van der Waals surface area (Å²) >= 11 is 12.9. The van der Waals surface area contributed by atoms with Crippen molar-refractivity contribution in [1.29, 1.82) is 0 Å². The maximum atomic E-state index is 6.60. The molecule has 2 aromatic rings. The average molecular weight is 490 g/mol. The number of allylic oxidation sites excluding steroid dienone is 2. The highest BCUT2D eigenvalue weighted by atomic mass is 35.5. The minimum Gasteiger partial charge on any atom is -0.346 e. The molecular weight excluding hydrogens is 460 g/mol. The topological polar surface area (TPSA) is 34.4 Å². The van der Waals surface area contributed by atoms with Crippen molar-refractivity contribution >= 4 is 48.1 Å². The Morgan fingerprint density at radius 2 is 1.75 bits per heavy atom. The zero-order valence-electron chi connectivity index (χ0n) is 19.5. The lowest BCUT2D eigenvalue weighted by molar-refractivity contribution is 0.452. The number of likely N-dealkylation sites (N-methyl/N-ethyl adjacent to an activating group) is 1. The molecule has 32 heavy (non-hydrogen) atoms. The van der Waals surface area contributed by atoms with E-state index in [1.165, 1.54) is 16.9 Å². The molecule has 0 aromatic heterocycles. The van der Waals surface area contributed by atoms with Gasteiger partial charge in [-0.15, -0.1) is 0 Å². The SMILES string of the molecule is CCN(CC)P1(=Nc2cc(Cl)ccc2Cl)/C(=C2/N(C)c3ccccc3C2(C)C)C=NN1C. The van der Waals surface area contributed by atoms with Crippen molar-refractivity contribution in [2.24, 2.45) is 9.85 Å². The molecule has 0 spiro atoms. The highest BCUT2D eigenvalue weighted by molar-refractivity contribution is 7.67. The van der Waals surface area contributed by atoms with Gasteiger partial charge in [0.15, 0.2) is 7.36 Å². The van der Waals surface area contributed by atoms with Crippen LogP contribution in [0.2, 0.25) is 10.0 Å². The van der Waals surface area contributed by atoms with E-state index in [4.69, 9.17) is 33.0 Å². The van der Waals surface area contributed by atoms with Gasteiger partial charge in [-0.2, -0.15) is 5.10 Å². The molecule has 2 aliphatic rings. The number of fused-ring (bicyclic) bond motifs is 1. The Morgan fingerprint density at radius 3 is 2.41 bits per heavy atom. The lowest BCUT2D eigenvalue weighted by atomic mass is 9.84. The number of rotatable bonds is 4. The Labute approximate surface area is 201 Å². The summed E-state index contributed by atoms with van der Waals surface area (Å²) in [5, 5.41) is 7.17. The molecule has 0 saturated heterocycles. The van der Waals surface area contributed by atoms with Gasteiger partial charge in [-0.05, 0) is 29.8 Å². The number of hydrogen-bond acceptors (Lipinski definition) is 3. The van der Waals surface area contributed by atoms with Crippen LogP contribution in [-0.4, -0.2) is 42.8 Å². The predicted octanol–water partition coefficient (Wildman–Crippen LogP) is 7.57. The van der Waals surface area contributed by atoms with Gasteiger partial charge in [0.2, 0.25) is 0 Å². The lowest BCUT2D eigenvalue weighted by Gasteiger charge is -2.39. The summed E-state index contributed by atoms with van der Waals surface area (Å²) in [7, 11) is 1.71. The van der Waals surface area contributed by atoms with Crippen LogP contribution in [-0.2, 0) is 5.41 Å². The second kappa shape index (κ2) is 8.53. The van der Waals surface area contributed by atoms with E-state index in [9.17, 15) is 0 Å². The van der Waals surface area contributed by atoms with E-state index in [2.05, 4.69) is 68.6 Å². The largest absolute Gasteiger partial charge is 0.346 e. The third-order valence-electron chi connectivity index (χ3n) is 6.46. The summed E-state index contributed by atoms with van der Waals surface area (Å²) in [6.07, 6.45) is 2.01. The quantitative estimate of drug-likeness (QED) is 0.415. The van der Waals surface area contributed by atoms with Crippen LogP contribution >= 0.6 is 30.6 Å². The van der Waals surface area contributed by atoms with E-state index in [0.29, 0.717) is 15.7 Å². The normalized spacial score (nSPS) is 23.9. The van der Waals surface area contributed by atoms with Gasteiger partial charge in [0.05, 0.1) is 22.2 Å². The van der Waals surface area contributed by atoms with E-state index in [1.54, 1.807) is 6.07 Å². The van der Waals surface area contributed by atoms with Gasteiger partial charge in [0, 0.05) is 49.0 Å². The van der Waals surface area contributed by atoms with Crippen molar-refractivity contribution in [2.75, 3.05) is 32.1 Å². The molecule has 1 unspecified atom stereocenters. The molecule has 0 aliphatic carbocycles. The fourth-order valence-electron chi connectivity index (χ4n) is 4.95. The summed E-state index contributed by atoms with van der Waals surface area (Å²) in [5.41, 5.74) is 4.27. The minimum absolute atomic E-state index is 0.191. The van der Waals surface area contributed by atoms with Crippen LogP contribution in [0.4, 0.5) is 11.4 Å². The van der Waals surface area contributed by atoms with Crippen LogP contribution in [0.25, 0.3) is 0 Å². The third-order valence-corrected chi connectivity index (χ3v) is 10.8. The van der Waals surface area contributed by atoms with Gasteiger partial charge in [0.1, 0.15) is 0 Å². The smallest absolute Gasteiger partial charge is 0.174 e. The fourth-order valence-corrected chi connectivity index (χ4v) is 9.05. The average Bonchev–Trinajstić information content (AvgIpc) is 3.17. The fraction of sp³-hybridized carbons (Fsp3) is 0.375. The summed E-state index contributed by atoms with van der Waals surface area (Å²) in [4.78, 5) is 2.31. The second-order valence-electron chi connectivity index (χ2n) is 8.57. The molecule has 0 radical (unpaired) electrons. The van der Waals surface area contributed by atoms with Crippen molar-refractivity contribution in [3.05, 3.63) is 69.1 Å². The molecule has 5 nitrogen and oxygen atoms in total. The highest BCUT2D eigenvalue weighted by Crippen LogP contribution is 2.69. The van der Waals surface area contributed by atoms with Gasteiger partial charge in [-0.25, -0.2) is 14.2 Å². The molecule has 8 heteroatoms. The summed E-state index contributed by atoms with van der Waals surface area (Å²) in [6.45, 7) is 10.6. The van der Waals surface area contributed by atoms with Crippen molar-refractivity contribution in [2.45, 2.75) is 33.1 Å². The van der Waals surface area contributed by atoms with Crippen LogP contribution < -0.4 is 4.90 Å². The first-order valence-corrected chi connectivity index (χ1v) is 13.3. The first-order chi connectivity index (χ1) is 15.2. The number of benzene rings is 2. The standard InChI is InChI=1S/C24H30Cl2N5P/c1-7-31(8-2)32(28-20-15-17(25)13-14-19(20)26)22(16-27-30(32)6)23-24(3,4)18-11-9-10-12-21(18)29(23)5/h9-16H,7-8H2,1-6H3/b23-22+.